The van der Waals surface area contributed by atoms with Crippen LogP contribution in [0.15, 0.2) is 48.5 Å². The molecule has 3 N–H and O–H groups in total. The van der Waals surface area contributed by atoms with E-state index in [-0.39, 0.29) is 0 Å². The van der Waals surface area contributed by atoms with Gasteiger partial charge >= 0.3 is 0 Å². The van der Waals surface area contributed by atoms with Crippen LogP contribution in [0.5, 0.6) is 11.5 Å². The van der Waals surface area contributed by atoms with Crippen molar-refractivity contribution in [3.63, 3.8) is 0 Å². The molecule has 8 nitrogen and oxygen atoms in total. The maximum absolute atomic E-state index is 10.9. The zero-order valence-electron chi connectivity index (χ0n) is 15.3. The van der Waals surface area contributed by atoms with Gasteiger partial charge in [-0.3, -0.25) is 4.72 Å². The van der Waals surface area contributed by atoms with Crippen molar-refractivity contribution in [2.24, 2.45) is 0 Å². The third-order valence-electron chi connectivity index (χ3n) is 2.54. The summed E-state index contributed by atoms with van der Waals surface area (Å²) >= 11 is 0. The van der Waals surface area contributed by atoms with E-state index in [0.29, 0.717) is 17.1 Å². The minimum Gasteiger partial charge on any atom is -0.495 e. The molecule has 0 aliphatic heterocycles. The van der Waals surface area contributed by atoms with E-state index in [2.05, 4.69) is 15.4 Å². The molecule has 27 heavy (non-hydrogen) atoms. The number of rotatable bonds is 4. The number of methoxy groups -OCH3 is 2. The molecule has 0 saturated heterocycles. The van der Waals surface area contributed by atoms with E-state index in [4.69, 9.17) is 15.2 Å². The summed E-state index contributed by atoms with van der Waals surface area (Å²) in [6.45, 7) is 0. The van der Waals surface area contributed by atoms with Gasteiger partial charge in [-0.15, -0.1) is 0 Å². The maximum atomic E-state index is 10.9. The summed E-state index contributed by atoms with van der Waals surface area (Å²) in [7, 11) is 1.16. The van der Waals surface area contributed by atoms with Crippen LogP contribution in [-0.2, 0) is 19.1 Å². The predicted octanol–water partition coefficient (Wildman–Crippen LogP) is 2.53. The average molecular weight is 439 g/mol. The number of sulfonamides is 1. The van der Waals surface area contributed by atoms with Crippen molar-refractivity contribution >= 4 is 41.1 Å². The number of hydrogen-bond acceptors (Lipinski definition) is 7. The number of ether oxygens (including phenoxy) is 2. The normalized spacial score (nSPS) is 10.4. The molecule has 2 rings (SSSR count). The molecule has 0 atom stereocenters. The summed E-state index contributed by atoms with van der Waals surface area (Å²) in [5.41, 5.74) is 6.64. The Morgan fingerprint density at radius 2 is 1.26 bits per heavy atom. The van der Waals surface area contributed by atoms with Gasteiger partial charge in [0, 0.05) is 10.7 Å². The summed E-state index contributed by atoms with van der Waals surface area (Å²) in [5, 5.41) is 0. The zero-order chi connectivity index (χ0) is 21.1. The van der Waals surface area contributed by atoms with Crippen LogP contribution in [0, 0.1) is 0 Å². The van der Waals surface area contributed by atoms with Crippen molar-refractivity contribution in [1.29, 1.82) is 0 Å². The second-order valence-corrected chi connectivity index (χ2v) is 9.79. The van der Waals surface area contributed by atoms with Gasteiger partial charge in [0.1, 0.15) is 11.5 Å². The maximum Gasteiger partial charge on any atom is 0.229 e. The third kappa shape index (κ3) is 13.7. The first-order chi connectivity index (χ1) is 12.4. The zero-order valence-corrected chi connectivity index (χ0v) is 17.7. The lowest BCUT2D eigenvalue weighted by molar-refractivity contribution is 0.417. The quantitative estimate of drug-likeness (QED) is 0.554. The second kappa shape index (κ2) is 11.5. The van der Waals surface area contributed by atoms with E-state index >= 15 is 0 Å². The van der Waals surface area contributed by atoms with Crippen molar-refractivity contribution in [3.8, 4) is 11.5 Å². The van der Waals surface area contributed by atoms with Gasteiger partial charge in [-0.1, -0.05) is 24.3 Å². The first-order valence-electron chi connectivity index (χ1n) is 7.26. The van der Waals surface area contributed by atoms with E-state index in [0.717, 1.165) is 18.3 Å². The summed E-state index contributed by atoms with van der Waals surface area (Å²) in [6, 6.07) is 14.2. The molecule has 0 saturated carbocycles. The Morgan fingerprint density at radius 3 is 1.63 bits per heavy atom. The lowest BCUT2D eigenvalue weighted by Crippen LogP contribution is -2.10. The fourth-order valence-electron chi connectivity index (χ4n) is 1.60. The Morgan fingerprint density at radius 1 is 0.852 bits per heavy atom. The Hall–Kier alpha value is -2.17. The third-order valence-corrected chi connectivity index (χ3v) is 3.13. The Bertz CT molecular complexity index is 910. The number of halogens is 1. The van der Waals surface area contributed by atoms with E-state index < -0.39 is 19.1 Å². The van der Waals surface area contributed by atoms with Crippen molar-refractivity contribution in [1.82, 2.24) is 0 Å². The van der Waals surface area contributed by atoms with Gasteiger partial charge in [-0.25, -0.2) is 16.8 Å². The molecule has 0 aromatic heterocycles. The van der Waals surface area contributed by atoms with Crippen molar-refractivity contribution in [2.45, 2.75) is 0 Å². The Kier molecular flexibility index (Phi) is 10.6. The van der Waals surface area contributed by atoms with Gasteiger partial charge in [-0.2, -0.15) is 0 Å². The molecule has 0 bridgehead atoms. The molecule has 0 unspecified atom stereocenters. The second-order valence-electron chi connectivity index (χ2n) is 5.00. The highest BCUT2D eigenvalue weighted by atomic mass is 35.7. The van der Waals surface area contributed by atoms with Gasteiger partial charge in [0.2, 0.25) is 19.1 Å². The minimum absolute atomic E-state index is 0.451. The molecule has 0 fully saturated rings. The highest BCUT2D eigenvalue weighted by Crippen LogP contribution is 2.23. The SMILES string of the molecule is COc1ccccc1N.COc1ccccc1NS(C)(=O)=O.CS(=O)(=O)Cl. The number of nitrogen functional groups attached to an aromatic ring is 1. The largest absolute Gasteiger partial charge is 0.495 e. The molecular weight excluding hydrogens is 416 g/mol. The fraction of sp³-hybridized carbons (Fsp3) is 0.250. The summed E-state index contributed by atoms with van der Waals surface area (Å²) in [4.78, 5) is 0. The molecule has 0 amide bonds. The van der Waals surface area contributed by atoms with E-state index in [1.807, 2.05) is 18.2 Å². The number of hydrogen-bond donors (Lipinski definition) is 2. The van der Waals surface area contributed by atoms with E-state index in [1.54, 1.807) is 37.4 Å². The number of para-hydroxylation sites is 4. The van der Waals surface area contributed by atoms with Gasteiger partial charge in [0.05, 0.1) is 38.1 Å². The van der Waals surface area contributed by atoms with E-state index in [9.17, 15) is 16.8 Å². The van der Waals surface area contributed by atoms with Crippen LogP contribution in [0.1, 0.15) is 0 Å². The summed E-state index contributed by atoms with van der Waals surface area (Å²) < 4.78 is 52.8. The van der Waals surface area contributed by atoms with Crippen molar-refractivity contribution < 1.29 is 26.3 Å². The van der Waals surface area contributed by atoms with Gasteiger partial charge in [0.25, 0.3) is 0 Å². The monoisotopic (exact) mass is 438 g/mol. The fourth-order valence-corrected chi connectivity index (χ4v) is 2.16. The van der Waals surface area contributed by atoms with Crippen LogP contribution in [0.2, 0.25) is 0 Å². The van der Waals surface area contributed by atoms with Gasteiger partial charge < -0.3 is 15.2 Å². The molecule has 0 aliphatic rings. The Labute approximate surface area is 164 Å². The highest BCUT2D eigenvalue weighted by Gasteiger charge is 2.05. The number of benzene rings is 2. The number of anilines is 2. The molecule has 11 heteroatoms. The molecule has 0 aliphatic carbocycles. The summed E-state index contributed by atoms with van der Waals surface area (Å²) in [6.07, 6.45) is 2.02. The van der Waals surface area contributed by atoms with Crippen LogP contribution >= 0.6 is 10.7 Å². The van der Waals surface area contributed by atoms with Crippen LogP contribution in [0.3, 0.4) is 0 Å². The van der Waals surface area contributed by atoms with Gasteiger partial charge in [-0.05, 0) is 24.3 Å². The Balaban J connectivity index is 0.000000419. The average Bonchev–Trinajstić information content (AvgIpc) is 2.53. The highest BCUT2D eigenvalue weighted by molar-refractivity contribution is 8.13. The van der Waals surface area contributed by atoms with Crippen LogP contribution < -0.4 is 19.9 Å². The first kappa shape index (κ1) is 24.8. The van der Waals surface area contributed by atoms with E-state index in [1.165, 1.54) is 7.11 Å². The number of nitrogens with one attached hydrogen (secondary N) is 1. The molecule has 2 aromatic carbocycles. The molecule has 0 heterocycles. The number of nitrogens with two attached hydrogens (primary N) is 1. The molecular formula is C16H23ClN2O6S2. The summed E-state index contributed by atoms with van der Waals surface area (Å²) in [5.74, 6) is 1.24. The molecule has 0 radical (unpaired) electrons. The van der Waals surface area contributed by atoms with Gasteiger partial charge in [0.15, 0.2) is 0 Å². The standard InChI is InChI=1S/C8H11NO3S.C7H9NO.CH3ClO2S/c1-12-8-6-4-3-5-7(8)9-13(2,10)11;1-9-7-5-3-2-4-6(7)8;1-5(2,3)4/h3-6,9H,1-2H3;2-5H,8H2,1H3;1H3. The van der Waals surface area contributed by atoms with Crippen LogP contribution in [0.4, 0.5) is 11.4 Å². The van der Waals surface area contributed by atoms with Crippen molar-refractivity contribution in [3.05, 3.63) is 48.5 Å². The minimum atomic E-state index is -3.24. The van der Waals surface area contributed by atoms with Crippen molar-refractivity contribution in [2.75, 3.05) is 37.2 Å². The lowest BCUT2D eigenvalue weighted by Gasteiger charge is -2.08. The molecule has 152 valence electrons. The molecule has 2 aromatic rings. The van der Waals surface area contributed by atoms with Crippen LogP contribution in [0.25, 0.3) is 0 Å². The smallest absolute Gasteiger partial charge is 0.229 e. The first-order valence-corrected chi connectivity index (χ1v) is 11.9. The van der Waals surface area contributed by atoms with Crippen LogP contribution in [-0.4, -0.2) is 43.6 Å². The predicted molar refractivity (Wildman–Crippen MR) is 110 cm³/mol. The lowest BCUT2D eigenvalue weighted by atomic mass is 10.3. The topological polar surface area (TPSA) is 125 Å². The molecule has 0 spiro atoms.